The molecule has 4 heterocycles. The quantitative estimate of drug-likeness (QED) is 0.277. The van der Waals surface area contributed by atoms with Gasteiger partial charge in [0.05, 0.1) is 44.6 Å². The monoisotopic (exact) mass is 631 g/mol. The topological polar surface area (TPSA) is 142 Å². The Morgan fingerprint density at radius 1 is 0.848 bits per heavy atom. The number of morpholine rings is 1. The Balaban J connectivity index is 1.15. The van der Waals surface area contributed by atoms with Crippen LogP contribution in [0.25, 0.3) is 11.4 Å². The van der Waals surface area contributed by atoms with E-state index in [0.29, 0.717) is 43.2 Å². The SMILES string of the molecule is CCN1CCN(c2ccc(NC(=O)Nc3ccc(-c4nc(N5CCOC[C@H]5C)nc(N5[C@H](CO)CC[C@@H]5CO)n4)cc3)cc2)CC1. The van der Waals surface area contributed by atoms with Crippen LogP contribution >= 0.6 is 0 Å². The van der Waals surface area contributed by atoms with Gasteiger partial charge in [-0.25, -0.2) is 4.79 Å². The van der Waals surface area contributed by atoms with Gasteiger partial charge >= 0.3 is 6.03 Å². The van der Waals surface area contributed by atoms with E-state index >= 15 is 0 Å². The van der Waals surface area contributed by atoms with E-state index in [-0.39, 0.29) is 37.4 Å². The number of piperazine rings is 1. The maximum Gasteiger partial charge on any atom is 0.323 e. The van der Waals surface area contributed by atoms with E-state index in [1.54, 1.807) is 0 Å². The van der Waals surface area contributed by atoms with Crippen LogP contribution in [0, 0.1) is 0 Å². The van der Waals surface area contributed by atoms with Crippen molar-refractivity contribution in [1.82, 2.24) is 19.9 Å². The lowest BCUT2D eigenvalue weighted by Crippen LogP contribution is -2.46. The standard InChI is InChI=1S/C33H45N9O4/c1-3-39-14-16-40(17-15-39)27-10-8-26(9-11-27)35-33(45)34-25-6-4-24(5-7-25)30-36-31(41-18-19-46-22-23(41)2)38-32(37-30)42-28(20-43)12-13-29(42)21-44/h4-11,23,28-29,43-44H,3,12-22H2,1-2H3,(H2,34,35,45)/t23-,28-,29+/m1/s1. The molecular formula is C33H45N9O4. The molecule has 0 radical (unpaired) electrons. The molecule has 2 aromatic carbocycles. The molecule has 13 heteroatoms. The molecule has 6 rings (SSSR count). The number of hydrogen-bond acceptors (Lipinski definition) is 11. The molecule has 3 saturated heterocycles. The number of urea groups is 1. The van der Waals surface area contributed by atoms with Crippen LogP contribution in [0.15, 0.2) is 48.5 Å². The molecule has 3 aliphatic heterocycles. The lowest BCUT2D eigenvalue weighted by atomic mass is 10.2. The Kier molecular flexibility index (Phi) is 10.1. The molecule has 2 amide bonds. The first-order valence-electron chi connectivity index (χ1n) is 16.3. The maximum absolute atomic E-state index is 12.8. The molecule has 0 unspecified atom stereocenters. The molecule has 3 aliphatic rings. The van der Waals surface area contributed by atoms with E-state index in [4.69, 9.17) is 19.7 Å². The highest BCUT2D eigenvalue weighted by molar-refractivity contribution is 5.99. The first-order chi connectivity index (χ1) is 22.4. The number of likely N-dealkylation sites (N-methyl/N-ethyl adjacent to an activating group) is 1. The Morgan fingerprint density at radius 2 is 1.46 bits per heavy atom. The second kappa shape index (κ2) is 14.6. The predicted octanol–water partition coefficient (Wildman–Crippen LogP) is 2.87. The van der Waals surface area contributed by atoms with Crippen molar-refractivity contribution in [3.05, 3.63) is 48.5 Å². The molecule has 3 aromatic rings. The minimum absolute atomic E-state index is 0.0519. The number of amides is 2. The van der Waals surface area contributed by atoms with Gasteiger partial charge in [-0.1, -0.05) is 6.92 Å². The van der Waals surface area contributed by atoms with Crippen LogP contribution in [0.4, 0.5) is 33.8 Å². The molecule has 0 bridgehead atoms. The fraction of sp³-hybridized carbons (Fsp3) is 0.515. The molecular weight excluding hydrogens is 586 g/mol. The Morgan fingerprint density at radius 3 is 2.04 bits per heavy atom. The van der Waals surface area contributed by atoms with Crippen LogP contribution in [0.2, 0.25) is 0 Å². The van der Waals surface area contributed by atoms with Crippen molar-refractivity contribution >= 4 is 35.0 Å². The number of aromatic nitrogens is 3. The summed E-state index contributed by atoms with van der Waals surface area (Å²) in [5, 5.41) is 26.0. The summed E-state index contributed by atoms with van der Waals surface area (Å²) in [6.07, 6.45) is 1.49. The van der Waals surface area contributed by atoms with E-state index < -0.39 is 0 Å². The van der Waals surface area contributed by atoms with Crippen LogP contribution in [-0.4, -0.2) is 120 Å². The first-order valence-corrected chi connectivity index (χ1v) is 16.3. The molecule has 0 spiro atoms. The summed E-state index contributed by atoms with van der Waals surface area (Å²) < 4.78 is 5.63. The number of hydrogen-bond donors (Lipinski definition) is 4. The Hall–Kier alpha value is -4.04. The number of carbonyl (C=O) groups excluding carboxylic acids is 1. The molecule has 0 aliphatic carbocycles. The smallest absolute Gasteiger partial charge is 0.323 e. The normalized spacial score (nSPS) is 22.3. The van der Waals surface area contributed by atoms with Gasteiger partial charge in [-0.3, -0.25) is 0 Å². The molecule has 46 heavy (non-hydrogen) atoms. The zero-order valence-electron chi connectivity index (χ0n) is 26.7. The van der Waals surface area contributed by atoms with E-state index in [1.165, 1.54) is 0 Å². The number of nitrogens with zero attached hydrogens (tertiary/aromatic N) is 7. The van der Waals surface area contributed by atoms with E-state index in [9.17, 15) is 15.0 Å². The number of aliphatic hydroxyl groups is 2. The van der Waals surface area contributed by atoms with Crippen molar-refractivity contribution in [2.24, 2.45) is 0 Å². The average molecular weight is 632 g/mol. The summed E-state index contributed by atoms with van der Waals surface area (Å²) in [4.78, 5) is 36.2. The Labute approximate surface area is 270 Å². The summed E-state index contributed by atoms with van der Waals surface area (Å²) in [7, 11) is 0. The van der Waals surface area contributed by atoms with Crippen molar-refractivity contribution in [3.8, 4) is 11.4 Å². The Bertz CT molecular complexity index is 1440. The molecule has 3 fully saturated rings. The van der Waals surface area contributed by atoms with E-state index in [0.717, 1.165) is 62.5 Å². The fourth-order valence-corrected chi connectivity index (χ4v) is 6.47. The zero-order valence-corrected chi connectivity index (χ0v) is 26.7. The summed E-state index contributed by atoms with van der Waals surface area (Å²) in [5.74, 6) is 1.45. The van der Waals surface area contributed by atoms with Crippen LogP contribution in [0.3, 0.4) is 0 Å². The van der Waals surface area contributed by atoms with Crippen LogP contribution in [-0.2, 0) is 4.74 Å². The van der Waals surface area contributed by atoms with Gasteiger partial charge in [0, 0.05) is 55.3 Å². The number of anilines is 5. The molecule has 246 valence electrons. The minimum Gasteiger partial charge on any atom is -0.394 e. The summed E-state index contributed by atoms with van der Waals surface area (Å²) in [5.41, 5.74) is 3.26. The highest BCUT2D eigenvalue weighted by Crippen LogP contribution is 2.31. The van der Waals surface area contributed by atoms with Gasteiger partial charge in [-0.05, 0) is 74.8 Å². The van der Waals surface area contributed by atoms with E-state index in [2.05, 4.69) is 51.3 Å². The van der Waals surface area contributed by atoms with E-state index in [1.807, 2.05) is 41.3 Å². The third-order valence-electron chi connectivity index (χ3n) is 9.22. The molecule has 3 atom stereocenters. The van der Waals surface area contributed by atoms with Crippen molar-refractivity contribution in [2.45, 2.75) is 44.8 Å². The number of carbonyl (C=O) groups is 1. The molecule has 0 saturated carbocycles. The predicted molar refractivity (Wildman–Crippen MR) is 180 cm³/mol. The van der Waals surface area contributed by atoms with Gasteiger partial charge < -0.3 is 45.2 Å². The number of aliphatic hydroxyl groups excluding tert-OH is 2. The molecule has 4 N–H and O–H groups in total. The number of rotatable bonds is 9. The van der Waals surface area contributed by atoms with Gasteiger partial charge in [-0.15, -0.1) is 0 Å². The van der Waals surface area contributed by atoms with Crippen molar-refractivity contribution in [1.29, 1.82) is 0 Å². The third-order valence-corrected chi connectivity index (χ3v) is 9.22. The van der Waals surface area contributed by atoms with Crippen molar-refractivity contribution in [2.75, 3.05) is 91.0 Å². The number of nitrogens with one attached hydrogen (secondary N) is 2. The fourth-order valence-electron chi connectivity index (χ4n) is 6.47. The second-order valence-corrected chi connectivity index (χ2v) is 12.2. The van der Waals surface area contributed by atoms with Gasteiger partial charge in [0.15, 0.2) is 5.82 Å². The lowest BCUT2D eigenvalue weighted by Gasteiger charge is -2.35. The van der Waals surface area contributed by atoms with Crippen molar-refractivity contribution < 1.29 is 19.7 Å². The first kappa shape index (κ1) is 31.9. The maximum atomic E-state index is 12.8. The van der Waals surface area contributed by atoms with Crippen LogP contribution in [0.1, 0.15) is 26.7 Å². The average Bonchev–Trinajstić information content (AvgIpc) is 3.52. The van der Waals surface area contributed by atoms with Gasteiger partial charge in [0.25, 0.3) is 0 Å². The van der Waals surface area contributed by atoms with Gasteiger partial charge in [0.1, 0.15) is 0 Å². The number of benzene rings is 2. The van der Waals surface area contributed by atoms with Crippen LogP contribution in [0.5, 0.6) is 0 Å². The zero-order chi connectivity index (χ0) is 32.0. The van der Waals surface area contributed by atoms with Crippen LogP contribution < -0.4 is 25.3 Å². The third kappa shape index (κ3) is 7.17. The molecule has 13 nitrogen and oxygen atoms in total. The highest BCUT2D eigenvalue weighted by atomic mass is 16.5. The van der Waals surface area contributed by atoms with Crippen molar-refractivity contribution in [3.63, 3.8) is 0 Å². The second-order valence-electron chi connectivity index (χ2n) is 12.2. The summed E-state index contributed by atoms with van der Waals surface area (Å²) in [6.45, 7) is 11.2. The summed E-state index contributed by atoms with van der Waals surface area (Å²) >= 11 is 0. The van der Waals surface area contributed by atoms with Gasteiger partial charge in [-0.2, -0.15) is 15.0 Å². The lowest BCUT2D eigenvalue weighted by molar-refractivity contribution is 0.0981. The molecule has 1 aromatic heterocycles. The largest absolute Gasteiger partial charge is 0.394 e. The van der Waals surface area contributed by atoms with Gasteiger partial charge in [0.2, 0.25) is 11.9 Å². The highest BCUT2D eigenvalue weighted by Gasteiger charge is 2.36. The summed E-state index contributed by atoms with van der Waals surface area (Å²) in [6, 6.07) is 14.7. The number of ether oxygens (including phenoxy) is 1. The minimum atomic E-state index is -0.331.